The lowest BCUT2D eigenvalue weighted by Gasteiger charge is -2.14. The largest absolute Gasteiger partial charge is 0.417 e. The topological polar surface area (TPSA) is 77.6 Å². The van der Waals surface area contributed by atoms with Crippen LogP contribution in [-0.4, -0.2) is 36.5 Å². The molecule has 1 amide bonds. The van der Waals surface area contributed by atoms with Gasteiger partial charge in [-0.05, 0) is 32.9 Å². The van der Waals surface area contributed by atoms with Crippen LogP contribution in [0.1, 0.15) is 23.9 Å². The first-order chi connectivity index (χ1) is 12.6. The summed E-state index contributed by atoms with van der Waals surface area (Å²) >= 11 is 0. The third-order valence-electron chi connectivity index (χ3n) is 4.03. The predicted molar refractivity (Wildman–Crippen MR) is 91.8 cm³/mol. The Morgan fingerprint density at radius 2 is 2.07 bits per heavy atom. The summed E-state index contributed by atoms with van der Waals surface area (Å²) in [6.07, 6.45) is -1.11. The zero-order valence-corrected chi connectivity index (χ0v) is 15.1. The van der Waals surface area contributed by atoms with Crippen LogP contribution in [-0.2, 0) is 24.1 Å². The fourth-order valence-corrected chi connectivity index (χ4v) is 3.00. The lowest BCUT2D eigenvalue weighted by molar-refractivity contribution is -0.136. The molecule has 0 aliphatic heterocycles. The summed E-state index contributed by atoms with van der Waals surface area (Å²) in [5.74, 6) is -0.365. The van der Waals surface area contributed by atoms with Crippen molar-refractivity contribution in [2.24, 2.45) is 0 Å². The van der Waals surface area contributed by atoms with E-state index in [-0.39, 0.29) is 40.9 Å². The molecule has 0 aromatic carbocycles. The van der Waals surface area contributed by atoms with Crippen molar-refractivity contribution in [1.29, 1.82) is 0 Å². The third kappa shape index (κ3) is 4.09. The summed E-state index contributed by atoms with van der Waals surface area (Å²) in [4.78, 5) is 16.5. The molecule has 1 atom stereocenters. The molecule has 0 aliphatic rings. The van der Waals surface area contributed by atoms with Gasteiger partial charge >= 0.3 is 6.18 Å². The van der Waals surface area contributed by atoms with E-state index in [2.05, 4.69) is 20.5 Å². The van der Waals surface area contributed by atoms with Crippen molar-refractivity contribution in [3.63, 3.8) is 0 Å². The van der Waals surface area contributed by atoms with Gasteiger partial charge in [0.1, 0.15) is 6.54 Å². The molecule has 27 heavy (non-hydrogen) atoms. The van der Waals surface area contributed by atoms with Gasteiger partial charge in [0, 0.05) is 24.1 Å². The lowest BCUT2D eigenvalue weighted by atomic mass is 10.1. The molecule has 3 aromatic rings. The maximum Gasteiger partial charge on any atom is 0.417 e. The average molecular weight is 380 g/mol. The molecular weight excluding hydrogens is 361 g/mol. The molecule has 0 saturated heterocycles. The van der Waals surface area contributed by atoms with E-state index in [0.29, 0.717) is 6.54 Å². The van der Waals surface area contributed by atoms with Gasteiger partial charge in [0.2, 0.25) is 5.91 Å². The Labute approximate surface area is 153 Å². The fraction of sp³-hybridized carbons (Fsp3) is 0.412. The smallest absolute Gasteiger partial charge is 0.350 e. The van der Waals surface area contributed by atoms with Crippen LogP contribution in [0.25, 0.3) is 11.0 Å². The molecule has 7 nitrogen and oxygen atoms in total. The van der Waals surface area contributed by atoms with Gasteiger partial charge < -0.3 is 5.32 Å². The predicted octanol–water partition coefficient (Wildman–Crippen LogP) is 2.47. The van der Waals surface area contributed by atoms with Crippen LogP contribution in [0, 0.1) is 13.8 Å². The van der Waals surface area contributed by atoms with Gasteiger partial charge in [0.15, 0.2) is 5.65 Å². The average Bonchev–Trinajstić information content (AvgIpc) is 3.14. The molecule has 144 valence electrons. The van der Waals surface area contributed by atoms with Gasteiger partial charge in [-0.25, -0.2) is 9.67 Å². The molecule has 0 saturated carbocycles. The molecule has 0 aliphatic carbocycles. The van der Waals surface area contributed by atoms with Crippen molar-refractivity contribution < 1.29 is 18.0 Å². The number of aryl methyl sites for hydroxylation is 2. The Morgan fingerprint density at radius 3 is 2.70 bits per heavy atom. The Balaban J connectivity index is 1.83. The minimum Gasteiger partial charge on any atom is -0.350 e. The number of amides is 1. The highest BCUT2D eigenvalue weighted by Gasteiger charge is 2.35. The number of hydrogen-bond donors (Lipinski definition) is 1. The number of nitrogens with zero attached hydrogens (tertiary/aromatic N) is 5. The normalized spacial score (nSPS) is 13.1. The Kier molecular flexibility index (Phi) is 4.90. The number of carbonyl (C=O) groups excluding carboxylic acids is 1. The van der Waals surface area contributed by atoms with Crippen LogP contribution in [0.5, 0.6) is 0 Å². The second-order valence-corrected chi connectivity index (χ2v) is 6.45. The zero-order chi connectivity index (χ0) is 19.8. The summed E-state index contributed by atoms with van der Waals surface area (Å²) < 4.78 is 42.9. The number of hydrogen-bond acceptors (Lipinski definition) is 4. The first-order valence-electron chi connectivity index (χ1n) is 8.34. The molecule has 0 bridgehead atoms. The van der Waals surface area contributed by atoms with E-state index in [0.717, 1.165) is 6.07 Å². The van der Waals surface area contributed by atoms with E-state index < -0.39 is 11.7 Å². The van der Waals surface area contributed by atoms with Crippen molar-refractivity contribution in [1.82, 2.24) is 29.9 Å². The highest BCUT2D eigenvalue weighted by atomic mass is 19.4. The highest BCUT2D eigenvalue weighted by Crippen LogP contribution is 2.36. The van der Waals surface area contributed by atoms with E-state index in [9.17, 15) is 18.0 Å². The first-order valence-corrected chi connectivity index (χ1v) is 8.34. The van der Waals surface area contributed by atoms with E-state index in [1.54, 1.807) is 23.1 Å². The highest BCUT2D eigenvalue weighted by molar-refractivity contribution is 5.85. The van der Waals surface area contributed by atoms with Gasteiger partial charge in [-0.1, -0.05) is 0 Å². The van der Waals surface area contributed by atoms with Gasteiger partial charge in [0.05, 0.1) is 23.2 Å². The third-order valence-corrected chi connectivity index (χ3v) is 4.03. The number of carbonyl (C=O) groups is 1. The second-order valence-electron chi connectivity index (χ2n) is 6.45. The molecule has 1 N–H and O–H groups in total. The van der Waals surface area contributed by atoms with Crippen molar-refractivity contribution in [3.8, 4) is 0 Å². The van der Waals surface area contributed by atoms with Crippen LogP contribution in [0.4, 0.5) is 13.2 Å². The number of nitrogens with one attached hydrogen (secondary N) is 1. The molecule has 3 heterocycles. The monoisotopic (exact) mass is 380 g/mol. The molecule has 3 rings (SSSR count). The van der Waals surface area contributed by atoms with E-state index in [1.807, 2.05) is 6.92 Å². The lowest BCUT2D eigenvalue weighted by Crippen LogP contribution is -2.38. The molecule has 0 fully saturated rings. The van der Waals surface area contributed by atoms with Crippen LogP contribution in [0.2, 0.25) is 0 Å². The van der Waals surface area contributed by atoms with Crippen molar-refractivity contribution in [3.05, 3.63) is 41.5 Å². The van der Waals surface area contributed by atoms with Crippen molar-refractivity contribution >= 4 is 16.9 Å². The number of aromatic nitrogens is 5. The van der Waals surface area contributed by atoms with Crippen LogP contribution >= 0.6 is 0 Å². The van der Waals surface area contributed by atoms with Gasteiger partial charge in [-0.2, -0.15) is 23.4 Å². The maximum absolute atomic E-state index is 13.3. The minimum absolute atomic E-state index is 0.0507. The van der Waals surface area contributed by atoms with Crippen molar-refractivity contribution in [2.45, 2.75) is 46.1 Å². The maximum atomic E-state index is 13.3. The summed E-state index contributed by atoms with van der Waals surface area (Å²) in [7, 11) is 0. The first kappa shape index (κ1) is 18.9. The number of rotatable bonds is 5. The summed E-state index contributed by atoms with van der Waals surface area (Å²) in [5.41, 5.74) is -0.346. The van der Waals surface area contributed by atoms with E-state index in [1.165, 1.54) is 18.5 Å². The van der Waals surface area contributed by atoms with Crippen molar-refractivity contribution in [2.75, 3.05) is 0 Å². The standard InChI is InChI=1S/C17H19F3N6O/c1-10-7-13(17(18,19)20)15-12(3)24-26(16(15)23-10)9-14(27)22-11(2)8-25-6-4-5-21-25/h4-7,11H,8-9H2,1-3H3,(H,22,27). The Hall–Kier alpha value is -2.91. The number of halogens is 3. The molecule has 0 spiro atoms. The zero-order valence-electron chi connectivity index (χ0n) is 15.1. The summed E-state index contributed by atoms with van der Waals surface area (Å²) in [5, 5.41) is 10.9. The quantitative estimate of drug-likeness (QED) is 0.738. The van der Waals surface area contributed by atoms with Gasteiger partial charge in [-0.15, -0.1) is 0 Å². The van der Waals surface area contributed by atoms with Crippen LogP contribution in [0.3, 0.4) is 0 Å². The summed E-state index contributed by atoms with van der Waals surface area (Å²) in [6, 6.07) is 2.56. The minimum atomic E-state index is -4.52. The van der Waals surface area contributed by atoms with Crippen LogP contribution in [0.15, 0.2) is 24.5 Å². The molecule has 1 unspecified atom stereocenters. The molecule has 3 aromatic heterocycles. The number of fused-ring (bicyclic) bond motifs is 1. The SMILES string of the molecule is Cc1cc(C(F)(F)F)c2c(C)nn(CC(=O)NC(C)Cn3cccn3)c2n1. The number of pyridine rings is 1. The van der Waals surface area contributed by atoms with Gasteiger partial charge in [0.25, 0.3) is 0 Å². The van der Waals surface area contributed by atoms with Crippen LogP contribution < -0.4 is 5.32 Å². The summed E-state index contributed by atoms with van der Waals surface area (Å²) in [6.45, 7) is 5.03. The Bertz CT molecular complexity index is 961. The molecule has 10 heteroatoms. The molecule has 0 radical (unpaired) electrons. The van der Waals surface area contributed by atoms with E-state index in [4.69, 9.17) is 0 Å². The van der Waals surface area contributed by atoms with E-state index >= 15 is 0 Å². The second kappa shape index (κ2) is 7.01. The van der Waals surface area contributed by atoms with Gasteiger partial charge in [-0.3, -0.25) is 9.48 Å². The Morgan fingerprint density at radius 1 is 1.33 bits per heavy atom. The molecular formula is C17H19F3N6O. The number of alkyl halides is 3. The fourth-order valence-electron chi connectivity index (χ4n) is 3.00.